The van der Waals surface area contributed by atoms with E-state index in [4.69, 9.17) is 33.3 Å². The van der Waals surface area contributed by atoms with Gasteiger partial charge in [-0.05, 0) is 56.4 Å². The number of nitrogens with one attached hydrogen (secondary N) is 2. The second-order valence-electron chi connectivity index (χ2n) is 6.63. The first-order chi connectivity index (χ1) is 11.9. The Hall–Kier alpha value is -1.98. The van der Waals surface area contributed by atoms with Crippen LogP contribution in [0.5, 0.6) is 11.5 Å². The Balaban J connectivity index is 1.79. The van der Waals surface area contributed by atoms with Crippen molar-refractivity contribution in [3.63, 3.8) is 0 Å². The topological polar surface area (TPSA) is 42.5 Å². The zero-order chi connectivity index (χ0) is 18.0. The van der Waals surface area contributed by atoms with Gasteiger partial charge in [0.25, 0.3) is 0 Å². The zero-order valence-corrected chi connectivity index (χ0v) is 16.0. The quantitative estimate of drug-likeness (QED) is 0.743. The molecule has 0 aromatic heterocycles. The van der Waals surface area contributed by atoms with Crippen LogP contribution >= 0.6 is 23.8 Å². The lowest BCUT2D eigenvalue weighted by Crippen LogP contribution is -2.42. The van der Waals surface area contributed by atoms with Crippen LogP contribution in [-0.4, -0.2) is 17.8 Å². The molecule has 0 bridgehead atoms. The van der Waals surface area contributed by atoms with Gasteiger partial charge in [-0.1, -0.05) is 17.7 Å². The number of hydrogen-bond acceptors (Lipinski definition) is 3. The summed E-state index contributed by atoms with van der Waals surface area (Å²) < 4.78 is 11.4. The first-order valence-electron chi connectivity index (χ1n) is 8.06. The molecule has 1 aliphatic rings. The molecule has 0 fully saturated rings. The van der Waals surface area contributed by atoms with E-state index in [9.17, 15) is 0 Å². The zero-order valence-electron chi connectivity index (χ0n) is 14.4. The van der Waals surface area contributed by atoms with E-state index in [1.54, 1.807) is 7.11 Å². The largest absolute Gasteiger partial charge is 0.497 e. The van der Waals surface area contributed by atoms with Crippen molar-refractivity contribution >= 4 is 34.6 Å². The molecule has 0 spiro atoms. The molecule has 6 heteroatoms. The summed E-state index contributed by atoms with van der Waals surface area (Å²) >= 11 is 11.5. The van der Waals surface area contributed by atoms with Crippen LogP contribution in [0.3, 0.4) is 0 Å². The molecule has 1 atom stereocenters. The van der Waals surface area contributed by atoms with E-state index in [1.165, 1.54) is 0 Å². The molecule has 25 heavy (non-hydrogen) atoms. The van der Waals surface area contributed by atoms with E-state index < -0.39 is 0 Å². The van der Waals surface area contributed by atoms with Crippen LogP contribution in [0, 0.1) is 0 Å². The van der Waals surface area contributed by atoms with Crippen molar-refractivity contribution in [3.05, 3.63) is 53.1 Å². The molecule has 0 amide bonds. The average Bonchev–Trinajstić information content (AvgIpc) is 2.53. The summed E-state index contributed by atoms with van der Waals surface area (Å²) in [6.45, 7) is 4.13. The highest BCUT2D eigenvalue weighted by Crippen LogP contribution is 2.41. The van der Waals surface area contributed by atoms with Gasteiger partial charge in [-0.3, -0.25) is 0 Å². The number of benzene rings is 2. The third-order valence-electron chi connectivity index (χ3n) is 4.07. The molecule has 1 unspecified atom stereocenters. The Morgan fingerprint density at radius 1 is 1.28 bits per heavy atom. The number of hydrogen-bond donors (Lipinski definition) is 2. The van der Waals surface area contributed by atoms with Gasteiger partial charge in [-0.15, -0.1) is 0 Å². The number of thiocarbonyl (C=S) groups is 1. The molecular formula is C19H21ClN2O2S. The van der Waals surface area contributed by atoms with E-state index in [1.807, 2.05) is 42.5 Å². The fourth-order valence-corrected chi connectivity index (χ4v) is 3.43. The number of fused-ring (bicyclic) bond motifs is 1. The Morgan fingerprint density at radius 3 is 2.80 bits per heavy atom. The van der Waals surface area contributed by atoms with Crippen molar-refractivity contribution in [3.8, 4) is 11.5 Å². The second-order valence-corrected chi connectivity index (χ2v) is 7.48. The lowest BCUT2D eigenvalue weighted by Gasteiger charge is -2.38. The Labute approximate surface area is 158 Å². The first kappa shape index (κ1) is 17.8. The van der Waals surface area contributed by atoms with Crippen molar-refractivity contribution in [2.24, 2.45) is 0 Å². The SMILES string of the molecule is COc1ccc2c(c1)OC(C)(C)CC2NC(=S)Nc1cccc(Cl)c1. The van der Waals surface area contributed by atoms with E-state index >= 15 is 0 Å². The molecule has 132 valence electrons. The molecule has 1 heterocycles. The van der Waals surface area contributed by atoms with Crippen LogP contribution in [0.4, 0.5) is 5.69 Å². The Bertz CT molecular complexity index is 795. The fraction of sp³-hybridized carbons (Fsp3) is 0.316. The summed E-state index contributed by atoms with van der Waals surface area (Å²) in [6.07, 6.45) is 0.795. The van der Waals surface area contributed by atoms with Crippen molar-refractivity contribution < 1.29 is 9.47 Å². The van der Waals surface area contributed by atoms with Crippen LogP contribution in [0.15, 0.2) is 42.5 Å². The van der Waals surface area contributed by atoms with Gasteiger partial charge in [0.2, 0.25) is 0 Å². The minimum atomic E-state index is -0.303. The minimum absolute atomic E-state index is 0.0452. The lowest BCUT2D eigenvalue weighted by molar-refractivity contribution is 0.0693. The monoisotopic (exact) mass is 376 g/mol. The standard InChI is InChI=1S/C19H21ClN2O2S/c1-19(2)11-16(15-8-7-14(23-3)10-17(15)24-19)22-18(25)21-13-6-4-5-12(20)9-13/h4-10,16H,11H2,1-3H3,(H2,21,22,25). The van der Waals surface area contributed by atoms with Gasteiger partial charge in [0, 0.05) is 28.8 Å². The maximum Gasteiger partial charge on any atom is 0.171 e. The predicted molar refractivity (Wildman–Crippen MR) is 106 cm³/mol. The number of halogens is 1. The number of anilines is 1. The summed E-state index contributed by atoms with van der Waals surface area (Å²) in [4.78, 5) is 0. The normalized spacial score (nSPS) is 17.8. The average molecular weight is 377 g/mol. The van der Waals surface area contributed by atoms with Crippen molar-refractivity contribution in [2.75, 3.05) is 12.4 Å². The van der Waals surface area contributed by atoms with Crippen LogP contribution in [0.25, 0.3) is 0 Å². The molecule has 0 radical (unpaired) electrons. The smallest absolute Gasteiger partial charge is 0.171 e. The highest BCUT2D eigenvalue weighted by Gasteiger charge is 2.34. The first-order valence-corrected chi connectivity index (χ1v) is 8.85. The number of rotatable bonds is 3. The number of methoxy groups -OCH3 is 1. The van der Waals surface area contributed by atoms with Crippen molar-refractivity contribution in [2.45, 2.75) is 31.9 Å². The third kappa shape index (κ3) is 4.35. The van der Waals surface area contributed by atoms with Gasteiger partial charge in [0.05, 0.1) is 13.2 Å². The fourth-order valence-electron chi connectivity index (χ4n) is 2.98. The van der Waals surface area contributed by atoms with Gasteiger partial charge in [0.1, 0.15) is 17.1 Å². The molecule has 0 aliphatic carbocycles. The van der Waals surface area contributed by atoms with E-state index in [0.717, 1.165) is 29.2 Å². The van der Waals surface area contributed by atoms with Gasteiger partial charge >= 0.3 is 0 Å². The maximum atomic E-state index is 6.11. The van der Waals surface area contributed by atoms with Gasteiger partial charge in [-0.25, -0.2) is 0 Å². The maximum absolute atomic E-state index is 6.11. The highest BCUT2D eigenvalue weighted by molar-refractivity contribution is 7.80. The lowest BCUT2D eigenvalue weighted by atomic mass is 9.89. The molecule has 1 aliphatic heterocycles. The Kier molecular flexibility index (Phi) is 5.06. The molecular weight excluding hydrogens is 356 g/mol. The summed E-state index contributed by atoms with van der Waals surface area (Å²) in [5, 5.41) is 7.79. The third-order valence-corrected chi connectivity index (χ3v) is 4.52. The summed E-state index contributed by atoms with van der Waals surface area (Å²) in [6, 6.07) is 13.4. The van der Waals surface area contributed by atoms with E-state index in [0.29, 0.717) is 10.1 Å². The van der Waals surface area contributed by atoms with Gasteiger partial charge in [-0.2, -0.15) is 0 Å². The molecule has 2 aromatic carbocycles. The summed E-state index contributed by atoms with van der Waals surface area (Å²) in [5.41, 5.74) is 1.62. The summed E-state index contributed by atoms with van der Waals surface area (Å²) in [7, 11) is 1.65. The molecule has 0 saturated carbocycles. The van der Waals surface area contributed by atoms with Crippen molar-refractivity contribution in [1.29, 1.82) is 0 Å². The predicted octanol–water partition coefficient (Wildman–Crippen LogP) is 4.94. The minimum Gasteiger partial charge on any atom is -0.497 e. The highest BCUT2D eigenvalue weighted by atomic mass is 35.5. The Morgan fingerprint density at radius 2 is 2.08 bits per heavy atom. The van der Waals surface area contributed by atoms with Crippen molar-refractivity contribution in [1.82, 2.24) is 5.32 Å². The molecule has 3 rings (SSSR count). The summed E-state index contributed by atoms with van der Waals surface area (Å²) in [5.74, 6) is 1.59. The van der Waals surface area contributed by atoms with E-state index in [2.05, 4.69) is 24.5 Å². The molecule has 4 nitrogen and oxygen atoms in total. The molecule has 2 aromatic rings. The van der Waals surface area contributed by atoms with Crippen LogP contribution < -0.4 is 20.1 Å². The molecule has 2 N–H and O–H groups in total. The van der Waals surface area contributed by atoms with Crippen LogP contribution in [0.1, 0.15) is 31.9 Å². The van der Waals surface area contributed by atoms with Crippen LogP contribution in [0.2, 0.25) is 5.02 Å². The van der Waals surface area contributed by atoms with Gasteiger partial charge in [0.15, 0.2) is 5.11 Å². The van der Waals surface area contributed by atoms with Crippen LogP contribution in [-0.2, 0) is 0 Å². The second kappa shape index (κ2) is 7.10. The van der Waals surface area contributed by atoms with E-state index in [-0.39, 0.29) is 11.6 Å². The number of ether oxygens (including phenoxy) is 2. The molecule has 0 saturated heterocycles. The van der Waals surface area contributed by atoms with Gasteiger partial charge < -0.3 is 20.1 Å².